The molecule has 1 rings (SSSR count). The Kier molecular flexibility index (Phi) is 2.72. The van der Waals surface area contributed by atoms with Gasteiger partial charge in [0, 0.05) is 11.1 Å². The summed E-state index contributed by atoms with van der Waals surface area (Å²) in [6, 6.07) is 2.26. The topological polar surface area (TPSA) is 36.7 Å². The fraction of sp³-hybridized carbons (Fsp3) is 0.600. The smallest absolute Gasteiger partial charge is 0.113 e. The first-order chi connectivity index (χ1) is 5.97. The predicted octanol–water partition coefficient (Wildman–Crippen LogP) is 3.07. The zero-order valence-electron chi connectivity index (χ0n) is 8.46. The van der Waals surface area contributed by atoms with Crippen LogP contribution in [0.5, 0.6) is 0 Å². The van der Waals surface area contributed by atoms with Crippen LogP contribution in [0.4, 0.5) is 0 Å². The first-order valence-corrected chi connectivity index (χ1v) is 5.16. The van der Waals surface area contributed by atoms with E-state index in [9.17, 15) is 0 Å². The molecule has 0 radical (unpaired) electrons. The van der Waals surface area contributed by atoms with Crippen LogP contribution in [0, 0.1) is 11.3 Å². The van der Waals surface area contributed by atoms with E-state index in [0.29, 0.717) is 5.92 Å². The Morgan fingerprint density at radius 1 is 1.54 bits per heavy atom. The Morgan fingerprint density at radius 2 is 2.15 bits per heavy atom. The van der Waals surface area contributed by atoms with Gasteiger partial charge < -0.3 is 0 Å². The summed E-state index contributed by atoms with van der Waals surface area (Å²) in [5.41, 5.74) is -0.447. The monoisotopic (exact) mass is 194 g/mol. The molecule has 0 N–H and O–H groups in total. The van der Waals surface area contributed by atoms with Gasteiger partial charge in [-0.25, -0.2) is 4.98 Å². The molecule has 3 heteroatoms. The maximum atomic E-state index is 8.91. The Labute approximate surface area is 83.2 Å². The third-order valence-electron chi connectivity index (χ3n) is 1.91. The summed E-state index contributed by atoms with van der Waals surface area (Å²) in [5, 5.41) is 9.83. The van der Waals surface area contributed by atoms with Crippen LogP contribution in [0.15, 0.2) is 6.20 Å². The van der Waals surface area contributed by atoms with Crippen LogP contribution in [0.1, 0.15) is 43.5 Å². The molecule has 0 aliphatic heterocycles. The van der Waals surface area contributed by atoms with Crippen LogP contribution in [-0.4, -0.2) is 4.98 Å². The molecule has 0 bridgehead atoms. The second-order valence-corrected chi connectivity index (χ2v) is 5.02. The molecule has 1 heterocycles. The fourth-order valence-corrected chi connectivity index (χ4v) is 1.86. The van der Waals surface area contributed by atoms with E-state index in [0.717, 1.165) is 5.01 Å². The highest BCUT2D eigenvalue weighted by molar-refractivity contribution is 7.11. The van der Waals surface area contributed by atoms with Crippen molar-refractivity contribution in [3.63, 3.8) is 0 Å². The van der Waals surface area contributed by atoms with Crippen molar-refractivity contribution in [2.45, 2.75) is 39.0 Å². The molecule has 0 fully saturated rings. The van der Waals surface area contributed by atoms with Crippen LogP contribution in [0.2, 0.25) is 0 Å². The molecule has 0 unspecified atom stereocenters. The molecule has 2 nitrogen and oxygen atoms in total. The summed E-state index contributed by atoms with van der Waals surface area (Å²) in [6.45, 7) is 8.07. The second kappa shape index (κ2) is 3.47. The van der Waals surface area contributed by atoms with Crippen molar-refractivity contribution in [2.24, 2.45) is 0 Å². The first-order valence-electron chi connectivity index (χ1n) is 4.35. The largest absolute Gasteiger partial charge is 0.248 e. The molecule has 0 atom stereocenters. The highest BCUT2D eigenvalue weighted by Crippen LogP contribution is 2.30. The zero-order chi connectivity index (χ0) is 10.1. The van der Waals surface area contributed by atoms with Crippen LogP contribution >= 0.6 is 11.3 Å². The van der Waals surface area contributed by atoms with Gasteiger partial charge in [-0.1, -0.05) is 13.8 Å². The molecule has 0 saturated heterocycles. The van der Waals surface area contributed by atoms with Crippen LogP contribution in [0.3, 0.4) is 0 Å². The molecule has 0 spiro atoms. The first kappa shape index (κ1) is 10.2. The van der Waals surface area contributed by atoms with Gasteiger partial charge in [0.2, 0.25) is 0 Å². The van der Waals surface area contributed by atoms with Gasteiger partial charge in [0.25, 0.3) is 0 Å². The number of nitriles is 1. The molecule has 1 aromatic rings. The number of hydrogen-bond donors (Lipinski definition) is 0. The molecule has 0 aliphatic rings. The quantitative estimate of drug-likeness (QED) is 0.725. The summed E-state index contributed by atoms with van der Waals surface area (Å²) < 4.78 is 0. The van der Waals surface area contributed by atoms with E-state index in [4.69, 9.17) is 5.26 Å². The minimum atomic E-state index is -0.447. The molecule has 13 heavy (non-hydrogen) atoms. The van der Waals surface area contributed by atoms with E-state index in [-0.39, 0.29) is 0 Å². The SMILES string of the molecule is CC(C)c1cnc(C(C)(C)C#N)s1. The molecule has 0 saturated carbocycles. The lowest BCUT2D eigenvalue weighted by molar-refractivity contribution is 0.680. The van der Waals surface area contributed by atoms with Crippen LogP contribution < -0.4 is 0 Å². The van der Waals surface area contributed by atoms with Gasteiger partial charge in [-0.15, -0.1) is 11.3 Å². The lowest BCUT2D eigenvalue weighted by Crippen LogP contribution is -2.12. The van der Waals surface area contributed by atoms with E-state index in [1.165, 1.54) is 4.88 Å². The Bertz CT molecular complexity index is 331. The average Bonchev–Trinajstić information content (AvgIpc) is 2.52. The fourth-order valence-electron chi connectivity index (χ4n) is 0.890. The van der Waals surface area contributed by atoms with E-state index in [1.54, 1.807) is 11.3 Å². The van der Waals surface area contributed by atoms with E-state index in [1.807, 2.05) is 20.0 Å². The maximum absolute atomic E-state index is 8.91. The number of thiazole rings is 1. The summed E-state index contributed by atoms with van der Waals surface area (Å²) in [6.07, 6.45) is 1.88. The van der Waals surface area contributed by atoms with Crippen molar-refractivity contribution >= 4 is 11.3 Å². The number of nitrogens with zero attached hydrogens (tertiary/aromatic N) is 2. The lowest BCUT2D eigenvalue weighted by atomic mass is 9.97. The van der Waals surface area contributed by atoms with E-state index < -0.39 is 5.41 Å². The van der Waals surface area contributed by atoms with Crippen molar-refractivity contribution in [3.8, 4) is 6.07 Å². The van der Waals surface area contributed by atoms with Gasteiger partial charge in [0.15, 0.2) is 0 Å². The van der Waals surface area contributed by atoms with Crippen LogP contribution in [-0.2, 0) is 5.41 Å². The number of rotatable bonds is 2. The van der Waals surface area contributed by atoms with Gasteiger partial charge >= 0.3 is 0 Å². The van der Waals surface area contributed by atoms with Gasteiger partial charge in [0.05, 0.1) is 6.07 Å². The summed E-state index contributed by atoms with van der Waals surface area (Å²) in [4.78, 5) is 5.52. The van der Waals surface area contributed by atoms with Crippen molar-refractivity contribution < 1.29 is 0 Å². The normalized spacial score (nSPS) is 11.7. The lowest BCUT2D eigenvalue weighted by Gasteiger charge is -2.09. The van der Waals surface area contributed by atoms with Crippen LogP contribution in [0.25, 0.3) is 0 Å². The molecular formula is C10H14N2S. The Hall–Kier alpha value is -0.880. The van der Waals surface area contributed by atoms with Crippen molar-refractivity contribution in [2.75, 3.05) is 0 Å². The third-order valence-corrected chi connectivity index (χ3v) is 3.53. The van der Waals surface area contributed by atoms with Gasteiger partial charge in [-0.3, -0.25) is 0 Å². The van der Waals surface area contributed by atoms with Gasteiger partial charge in [0.1, 0.15) is 10.4 Å². The molecule has 1 aromatic heterocycles. The number of aromatic nitrogens is 1. The Balaban J connectivity index is 3.00. The third kappa shape index (κ3) is 2.07. The van der Waals surface area contributed by atoms with E-state index in [2.05, 4.69) is 24.9 Å². The maximum Gasteiger partial charge on any atom is 0.113 e. The summed E-state index contributed by atoms with van der Waals surface area (Å²) >= 11 is 1.64. The second-order valence-electron chi connectivity index (χ2n) is 3.96. The van der Waals surface area contributed by atoms with E-state index >= 15 is 0 Å². The molecular weight excluding hydrogens is 180 g/mol. The molecule has 0 aromatic carbocycles. The highest BCUT2D eigenvalue weighted by atomic mass is 32.1. The van der Waals surface area contributed by atoms with Crippen molar-refractivity contribution in [3.05, 3.63) is 16.1 Å². The van der Waals surface area contributed by atoms with Gasteiger partial charge in [-0.05, 0) is 19.8 Å². The zero-order valence-corrected chi connectivity index (χ0v) is 9.27. The molecule has 0 amide bonds. The van der Waals surface area contributed by atoms with Crippen molar-refractivity contribution in [1.29, 1.82) is 5.26 Å². The van der Waals surface area contributed by atoms with Crippen molar-refractivity contribution in [1.82, 2.24) is 4.98 Å². The summed E-state index contributed by atoms with van der Waals surface area (Å²) in [7, 11) is 0. The predicted molar refractivity (Wildman–Crippen MR) is 54.8 cm³/mol. The summed E-state index contributed by atoms with van der Waals surface area (Å²) in [5.74, 6) is 0.501. The minimum Gasteiger partial charge on any atom is -0.248 e. The standard InChI is InChI=1S/C10H14N2S/c1-7(2)8-5-12-9(13-8)10(3,4)6-11/h5,7H,1-4H3. The van der Waals surface area contributed by atoms with Gasteiger partial charge in [-0.2, -0.15) is 5.26 Å². The minimum absolute atomic E-state index is 0.447. The Morgan fingerprint density at radius 3 is 2.54 bits per heavy atom. The molecule has 70 valence electrons. The molecule has 0 aliphatic carbocycles. The average molecular weight is 194 g/mol. The number of hydrogen-bond acceptors (Lipinski definition) is 3. The highest BCUT2D eigenvalue weighted by Gasteiger charge is 2.23.